The lowest BCUT2D eigenvalue weighted by Gasteiger charge is -2.05. The van der Waals surface area contributed by atoms with Crippen molar-refractivity contribution < 1.29 is 4.39 Å². The summed E-state index contributed by atoms with van der Waals surface area (Å²) in [7, 11) is 0. The van der Waals surface area contributed by atoms with Crippen molar-refractivity contribution in [1.82, 2.24) is 9.55 Å². The summed E-state index contributed by atoms with van der Waals surface area (Å²) in [4.78, 5) is 4.42. The van der Waals surface area contributed by atoms with Crippen molar-refractivity contribution >= 4 is 0 Å². The van der Waals surface area contributed by atoms with Crippen LogP contribution in [0.5, 0.6) is 0 Å². The van der Waals surface area contributed by atoms with Crippen molar-refractivity contribution in [1.29, 1.82) is 0 Å². The summed E-state index contributed by atoms with van der Waals surface area (Å²) in [6.07, 6.45) is 5.90. The van der Waals surface area contributed by atoms with E-state index in [9.17, 15) is 4.39 Å². The van der Waals surface area contributed by atoms with E-state index in [1.54, 1.807) is 12.1 Å². The van der Waals surface area contributed by atoms with Crippen LogP contribution in [-0.2, 0) is 6.54 Å². The summed E-state index contributed by atoms with van der Waals surface area (Å²) in [5, 5.41) is 0. The van der Waals surface area contributed by atoms with E-state index in [1.165, 1.54) is 12.1 Å². The second-order valence-corrected chi connectivity index (χ2v) is 4.41. The summed E-state index contributed by atoms with van der Waals surface area (Å²) in [6, 6.07) is 14.4. The molecule has 0 aliphatic rings. The first kappa shape index (κ1) is 11.7. The average molecular weight is 252 g/mol. The number of hydrogen-bond acceptors (Lipinski definition) is 1. The molecule has 2 nitrogen and oxygen atoms in total. The van der Waals surface area contributed by atoms with Gasteiger partial charge in [0.05, 0.1) is 5.69 Å². The van der Waals surface area contributed by atoms with Crippen molar-refractivity contribution in [3.63, 3.8) is 0 Å². The van der Waals surface area contributed by atoms with E-state index in [0.717, 1.165) is 23.4 Å². The van der Waals surface area contributed by atoms with Crippen molar-refractivity contribution in [3.05, 3.63) is 78.5 Å². The highest BCUT2D eigenvalue weighted by Crippen LogP contribution is 2.17. The highest BCUT2D eigenvalue weighted by atomic mass is 19.1. The number of nitrogens with zero attached hydrogens (tertiary/aromatic N) is 2. The van der Waals surface area contributed by atoms with Crippen LogP contribution < -0.4 is 0 Å². The first-order chi connectivity index (χ1) is 9.31. The summed E-state index contributed by atoms with van der Waals surface area (Å²) >= 11 is 0. The van der Waals surface area contributed by atoms with E-state index in [0.29, 0.717) is 0 Å². The Morgan fingerprint density at radius 3 is 2.32 bits per heavy atom. The SMILES string of the molecule is Fc1ccc(-c2ccc(Cn3cccc3)cn2)cc1. The molecular weight excluding hydrogens is 239 g/mol. The monoisotopic (exact) mass is 252 g/mol. The number of hydrogen-bond donors (Lipinski definition) is 0. The fraction of sp³-hybridized carbons (Fsp3) is 0.0625. The molecule has 3 rings (SSSR count). The van der Waals surface area contributed by atoms with Crippen molar-refractivity contribution in [2.24, 2.45) is 0 Å². The third-order valence-corrected chi connectivity index (χ3v) is 3.00. The fourth-order valence-corrected chi connectivity index (χ4v) is 2.00. The summed E-state index contributed by atoms with van der Waals surface area (Å²) in [6.45, 7) is 0.809. The van der Waals surface area contributed by atoms with Crippen LogP contribution in [-0.4, -0.2) is 9.55 Å². The summed E-state index contributed by atoms with van der Waals surface area (Å²) in [5.41, 5.74) is 2.92. The molecule has 0 atom stereocenters. The predicted octanol–water partition coefficient (Wildman–Crippen LogP) is 3.74. The molecule has 19 heavy (non-hydrogen) atoms. The zero-order valence-electron chi connectivity index (χ0n) is 10.3. The van der Waals surface area contributed by atoms with Crippen molar-refractivity contribution in [2.45, 2.75) is 6.54 Å². The minimum atomic E-state index is -0.229. The molecule has 0 saturated carbocycles. The largest absolute Gasteiger partial charge is 0.350 e. The molecule has 0 unspecified atom stereocenters. The molecule has 0 radical (unpaired) electrons. The van der Waals surface area contributed by atoms with Crippen LogP contribution in [0.2, 0.25) is 0 Å². The molecule has 0 amide bonds. The van der Waals surface area contributed by atoms with E-state index < -0.39 is 0 Å². The van der Waals surface area contributed by atoms with E-state index in [-0.39, 0.29) is 5.82 Å². The lowest BCUT2D eigenvalue weighted by atomic mass is 10.1. The second kappa shape index (κ2) is 5.06. The molecule has 1 aromatic carbocycles. The van der Waals surface area contributed by atoms with Crippen LogP contribution in [0.1, 0.15) is 5.56 Å². The van der Waals surface area contributed by atoms with Gasteiger partial charge in [-0.2, -0.15) is 0 Å². The zero-order valence-corrected chi connectivity index (χ0v) is 10.3. The van der Waals surface area contributed by atoms with E-state index in [1.807, 2.05) is 42.9 Å². The van der Waals surface area contributed by atoms with Gasteiger partial charge in [0.15, 0.2) is 0 Å². The highest BCUT2D eigenvalue weighted by molar-refractivity contribution is 5.58. The molecule has 0 N–H and O–H groups in total. The number of halogens is 1. The van der Waals surface area contributed by atoms with Crippen molar-refractivity contribution in [3.8, 4) is 11.3 Å². The summed E-state index contributed by atoms with van der Waals surface area (Å²) in [5.74, 6) is -0.229. The number of rotatable bonds is 3. The van der Waals surface area contributed by atoms with Gasteiger partial charge < -0.3 is 4.57 Å². The van der Waals surface area contributed by atoms with Gasteiger partial charge in [0.25, 0.3) is 0 Å². The number of aromatic nitrogens is 2. The van der Waals surface area contributed by atoms with E-state index in [4.69, 9.17) is 0 Å². The maximum atomic E-state index is 12.9. The first-order valence-electron chi connectivity index (χ1n) is 6.13. The Morgan fingerprint density at radius 2 is 1.68 bits per heavy atom. The molecule has 0 bridgehead atoms. The van der Waals surface area contributed by atoms with Gasteiger partial charge in [-0.25, -0.2) is 4.39 Å². The number of pyridine rings is 1. The third kappa shape index (κ3) is 2.71. The molecule has 2 aromatic heterocycles. The Morgan fingerprint density at radius 1 is 0.947 bits per heavy atom. The average Bonchev–Trinajstić information content (AvgIpc) is 2.94. The van der Waals surface area contributed by atoms with Gasteiger partial charge >= 0.3 is 0 Å². The predicted molar refractivity (Wildman–Crippen MR) is 73.2 cm³/mol. The Balaban J connectivity index is 1.80. The third-order valence-electron chi connectivity index (χ3n) is 3.00. The molecule has 0 spiro atoms. The number of benzene rings is 1. The maximum Gasteiger partial charge on any atom is 0.123 e. The minimum absolute atomic E-state index is 0.229. The first-order valence-corrected chi connectivity index (χ1v) is 6.13. The van der Waals surface area contributed by atoms with Gasteiger partial charge in [-0.15, -0.1) is 0 Å². The smallest absolute Gasteiger partial charge is 0.123 e. The van der Waals surface area contributed by atoms with E-state index >= 15 is 0 Å². The van der Waals surface area contributed by atoms with Crippen LogP contribution in [0.15, 0.2) is 67.1 Å². The van der Waals surface area contributed by atoms with Gasteiger partial charge in [-0.05, 0) is 48.0 Å². The Hall–Kier alpha value is -2.42. The Bertz CT molecular complexity index is 640. The van der Waals surface area contributed by atoms with Gasteiger partial charge in [-0.1, -0.05) is 6.07 Å². The molecule has 3 aromatic rings. The van der Waals surface area contributed by atoms with Gasteiger partial charge in [0, 0.05) is 30.7 Å². The molecule has 94 valence electrons. The van der Waals surface area contributed by atoms with Crippen molar-refractivity contribution in [2.75, 3.05) is 0 Å². The minimum Gasteiger partial charge on any atom is -0.350 e. The maximum absolute atomic E-state index is 12.9. The highest BCUT2D eigenvalue weighted by Gasteiger charge is 2.00. The molecular formula is C16H13FN2. The Kier molecular flexibility index (Phi) is 3.11. The lowest BCUT2D eigenvalue weighted by molar-refractivity contribution is 0.628. The molecule has 0 fully saturated rings. The fourth-order valence-electron chi connectivity index (χ4n) is 2.00. The van der Waals surface area contributed by atoms with Crippen LogP contribution in [0.25, 0.3) is 11.3 Å². The quantitative estimate of drug-likeness (QED) is 0.694. The second-order valence-electron chi connectivity index (χ2n) is 4.41. The molecule has 2 heterocycles. The van der Waals surface area contributed by atoms with E-state index in [2.05, 4.69) is 9.55 Å². The molecule has 0 aliphatic heterocycles. The normalized spacial score (nSPS) is 10.6. The molecule has 0 aliphatic carbocycles. The molecule has 0 saturated heterocycles. The molecule has 3 heteroatoms. The summed E-state index contributed by atoms with van der Waals surface area (Å²) < 4.78 is 14.9. The Labute approximate surface area is 111 Å². The van der Waals surface area contributed by atoms with Crippen LogP contribution in [0.4, 0.5) is 4.39 Å². The van der Waals surface area contributed by atoms with Gasteiger partial charge in [0.2, 0.25) is 0 Å². The standard InChI is InChI=1S/C16H13FN2/c17-15-6-4-14(5-7-15)16-8-3-13(11-18-16)12-19-9-1-2-10-19/h1-11H,12H2. The van der Waals surface area contributed by atoms with Gasteiger partial charge in [-0.3, -0.25) is 4.98 Å². The topological polar surface area (TPSA) is 17.8 Å². The zero-order chi connectivity index (χ0) is 13.1. The van der Waals surface area contributed by atoms with Crippen LogP contribution in [0.3, 0.4) is 0 Å². The van der Waals surface area contributed by atoms with Crippen LogP contribution >= 0.6 is 0 Å². The van der Waals surface area contributed by atoms with Gasteiger partial charge in [0.1, 0.15) is 5.82 Å². The lowest BCUT2D eigenvalue weighted by Crippen LogP contribution is -1.97. The van der Waals surface area contributed by atoms with Crippen LogP contribution in [0, 0.1) is 5.82 Å².